The first-order valence-corrected chi connectivity index (χ1v) is 10.4. The van der Waals surface area contributed by atoms with E-state index >= 15 is 0 Å². The number of piperidine rings is 1. The summed E-state index contributed by atoms with van der Waals surface area (Å²) in [6, 6.07) is 10.7. The van der Waals surface area contributed by atoms with Gasteiger partial charge in [-0.1, -0.05) is 18.2 Å². The molecule has 0 atom stereocenters. The molecule has 1 amide bonds. The van der Waals surface area contributed by atoms with Crippen LogP contribution in [0.3, 0.4) is 0 Å². The average Bonchev–Trinajstić information content (AvgIpc) is 2.63. The third kappa shape index (κ3) is 4.54. The van der Waals surface area contributed by atoms with Crippen LogP contribution in [0.2, 0.25) is 0 Å². The van der Waals surface area contributed by atoms with Gasteiger partial charge in [0.25, 0.3) is 5.91 Å². The summed E-state index contributed by atoms with van der Waals surface area (Å²) in [7, 11) is -3.61. The molecule has 1 aliphatic rings. The Morgan fingerprint density at radius 3 is 2.48 bits per heavy atom. The number of carbonyl (C=O) groups is 1. The summed E-state index contributed by atoms with van der Waals surface area (Å²) in [6.07, 6.45) is 1.04. The minimum absolute atomic E-state index is 0.230. The van der Waals surface area contributed by atoms with Gasteiger partial charge in [0, 0.05) is 24.7 Å². The van der Waals surface area contributed by atoms with Crippen molar-refractivity contribution in [1.82, 2.24) is 9.62 Å². The molecule has 0 aliphatic carbocycles. The maximum Gasteiger partial charge on any atom is 0.253 e. The molecule has 0 saturated carbocycles. The summed E-state index contributed by atoms with van der Waals surface area (Å²) >= 11 is 0. The Kier molecular flexibility index (Phi) is 5.62. The van der Waals surface area contributed by atoms with Crippen molar-refractivity contribution in [3.05, 3.63) is 65.0 Å². The first-order chi connectivity index (χ1) is 12.8. The van der Waals surface area contributed by atoms with Crippen molar-refractivity contribution in [2.75, 3.05) is 13.1 Å². The highest BCUT2D eigenvalue weighted by Crippen LogP contribution is 2.20. The Balaban J connectivity index is 1.64. The van der Waals surface area contributed by atoms with Gasteiger partial charge in [-0.25, -0.2) is 17.5 Å². The Morgan fingerprint density at radius 1 is 1.11 bits per heavy atom. The zero-order valence-electron chi connectivity index (χ0n) is 15.4. The molecular weight excluding hydrogens is 367 g/mol. The van der Waals surface area contributed by atoms with Crippen molar-refractivity contribution in [1.29, 1.82) is 0 Å². The lowest BCUT2D eigenvalue weighted by Gasteiger charge is -2.32. The van der Waals surface area contributed by atoms with Crippen molar-refractivity contribution in [2.24, 2.45) is 0 Å². The summed E-state index contributed by atoms with van der Waals surface area (Å²) in [5.41, 5.74) is 1.90. The van der Waals surface area contributed by atoms with Gasteiger partial charge in [0.2, 0.25) is 10.0 Å². The Bertz CT molecular complexity index is 951. The number of amides is 1. The number of likely N-dealkylation sites (tertiary alicyclic amines) is 1. The van der Waals surface area contributed by atoms with Gasteiger partial charge in [0.1, 0.15) is 5.82 Å². The third-order valence-corrected chi connectivity index (χ3v) is 6.47. The van der Waals surface area contributed by atoms with E-state index in [4.69, 9.17) is 0 Å². The molecule has 27 heavy (non-hydrogen) atoms. The summed E-state index contributed by atoms with van der Waals surface area (Å²) in [5.74, 6) is -0.678. The van der Waals surface area contributed by atoms with E-state index in [1.165, 1.54) is 18.2 Å². The van der Waals surface area contributed by atoms with E-state index < -0.39 is 15.8 Å². The topological polar surface area (TPSA) is 66.5 Å². The van der Waals surface area contributed by atoms with Gasteiger partial charge in [0.15, 0.2) is 0 Å². The number of nitrogens with one attached hydrogen (secondary N) is 1. The number of halogens is 1. The molecule has 2 aromatic carbocycles. The van der Waals surface area contributed by atoms with Crippen LogP contribution in [0.5, 0.6) is 0 Å². The van der Waals surface area contributed by atoms with Gasteiger partial charge in [-0.15, -0.1) is 0 Å². The van der Waals surface area contributed by atoms with Crippen molar-refractivity contribution in [2.45, 2.75) is 37.6 Å². The van der Waals surface area contributed by atoms with Crippen molar-refractivity contribution >= 4 is 15.9 Å². The first kappa shape index (κ1) is 19.5. The van der Waals surface area contributed by atoms with Gasteiger partial charge in [-0.2, -0.15) is 0 Å². The monoisotopic (exact) mass is 390 g/mol. The Hall–Kier alpha value is -2.25. The SMILES string of the molecule is Cc1ccc(C)c(S(=O)(=O)NC2CCN(C(=O)c3cccc(F)c3)CC2)c1. The minimum atomic E-state index is -3.61. The molecule has 1 N–H and O–H groups in total. The molecule has 1 aliphatic heterocycles. The zero-order valence-corrected chi connectivity index (χ0v) is 16.2. The fourth-order valence-electron chi connectivity index (χ4n) is 3.28. The number of carbonyl (C=O) groups excluding carboxylic acids is 1. The van der Waals surface area contributed by atoms with Gasteiger partial charge < -0.3 is 4.90 Å². The standard InChI is InChI=1S/C20H23FN2O3S/c1-14-6-7-15(2)19(12-14)27(25,26)22-18-8-10-23(11-9-18)20(24)16-4-3-5-17(21)13-16/h3-7,12-13,18,22H,8-11H2,1-2H3. The molecule has 0 spiro atoms. The normalized spacial score (nSPS) is 15.7. The lowest BCUT2D eigenvalue weighted by molar-refractivity contribution is 0.0711. The van der Waals surface area contributed by atoms with Crippen LogP contribution >= 0.6 is 0 Å². The molecule has 1 heterocycles. The predicted octanol–water partition coefficient (Wildman–Crippen LogP) is 3.03. The lowest BCUT2D eigenvalue weighted by atomic mass is 10.0. The molecule has 0 radical (unpaired) electrons. The van der Waals surface area contributed by atoms with E-state index in [9.17, 15) is 17.6 Å². The van der Waals surface area contributed by atoms with Crippen LogP contribution in [0, 0.1) is 19.7 Å². The number of benzene rings is 2. The maximum absolute atomic E-state index is 13.3. The highest BCUT2D eigenvalue weighted by molar-refractivity contribution is 7.89. The van der Waals surface area contributed by atoms with Crippen molar-refractivity contribution in [3.8, 4) is 0 Å². The van der Waals surface area contributed by atoms with Crippen LogP contribution in [0.25, 0.3) is 0 Å². The van der Waals surface area contributed by atoms with E-state index in [1.54, 1.807) is 30.0 Å². The van der Waals surface area contributed by atoms with Crippen LogP contribution in [-0.4, -0.2) is 38.4 Å². The van der Waals surface area contributed by atoms with Crippen LogP contribution < -0.4 is 4.72 Å². The second kappa shape index (κ2) is 7.78. The molecule has 0 aromatic heterocycles. The number of hydrogen-bond acceptors (Lipinski definition) is 3. The molecule has 0 bridgehead atoms. The average molecular weight is 390 g/mol. The zero-order chi connectivity index (χ0) is 19.6. The fourth-order valence-corrected chi connectivity index (χ4v) is 4.92. The predicted molar refractivity (Wildman–Crippen MR) is 102 cm³/mol. The second-order valence-electron chi connectivity index (χ2n) is 6.97. The minimum Gasteiger partial charge on any atom is -0.339 e. The van der Waals surface area contributed by atoms with Gasteiger partial charge >= 0.3 is 0 Å². The molecule has 144 valence electrons. The first-order valence-electron chi connectivity index (χ1n) is 8.91. The molecule has 1 saturated heterocycles. The van der Waals surface area contributed by atoms with Crippen LogP contribution in [0.15, 0.2) is 47.4 Å². The van der Waals surface area contributed by atoms with E-state index in [1.807, 2.05) is 13.0 Å². The summed E-state index contributed by atoms with van der Waals surface area (Å²) in [4.78, 5) is 14.4. The number of aryl methyl sites for hydroxylation is 2. The van der Waals surface area contributed by atoms with Crippen molar-refractivity contribution in [3.63, 3.8) is 0 Å². The maximum atomic E-state index is 13.3. The van der Waals surface area contributed by atoms with E-state index in [2.05, 4.69) is 4.72 Å². The highest BCUT2D eigenvalue weighted by Gasteiger charge is 2.28. The quantitative estimate of drug-likeness (QED) is 0.873. The Morgan fingerprint density at radius 2 is 1.81 bits per heavy atom. The molecule has 3 rings (SSSR count). The summed E-state index contributed by atoms with van der Waals surface area (Å²) < 4.78 is 41.5. The van der Waals surface area contributed by atoms with Crippen LogP contribution in [-0.2, 0) is 10.0 Å². The van der Waals surface area contributed by atoms with Gasteiger partial charge in [-0.3, -0.25) is 4.79 Å². The number of sulfonamides is 1. The summed E-state index contributed by atoms with van der Waals surface area (Å²) in [6.45, 7) is 4.48. The molecule has 0 unspecified atom stereocenters. The lowest BCUT2D eigenvalue weighted by Crippen LogP contribution is -2.46. The molecule has 5 nitrogen and oxygen atoms in total. The van der Waals surface area contributed by atoms with Crippen molar-refractivity contribution < 1.29 is 17.6 Å². The molecule has 1 fully saturated rings. The number of hydrogen-bond donors (Lipinski definition) is 1. The van der Waals surface area contributed by atoms with Gasteiger partial charge in [-0.05, 0) is 62.1 Å². The number of nitrogens with zero attached hydrogens (tertiary/aromatic N) is 1. The van der Waals surface area contributed by atoms with Crippen LogP contribution in [0.4, 0.5) is 4.39 Å². The Labute approximate surface area is 159 Å². The van der Waals surface area contributed by atoms with Gasteiger partial charge in [0.05, 0.1) is 4.90 Å². The number of rotatable bonds is 4. The van der Waals surface area contributed by atoms with E-state index in [0.717, 1.165) is 5.56 Å². The van der Waals surface area contributed by atoms with Crippen LogP contribution in [0.1, 0.15) is 34.3 Å². The smallest absolute Gasteiger partial charge is 0.253 e. The van der Waals surface area contributed by atoms with E-state index in [0.29, 0.717) is 42.0 Å². The highest BCUT2D eigenvalue weighted by atomic mass is 32.2. The molecule has 7 heteroatoms. The second-order valence-corrected chi connectivity index (χ2v) is 8.65. The fraction of sp³-hybridized carbons (Fsp3) is 0.350. The van der Waals surface area contributed by atoms with E-state index in [-0.39, 0.29) is 11.9 Å². The summed E-state index contributed by atoms with van der Waals surface area (Å²) in [5, 5.41) is 0. The molecule has 2 aromatic rings. The molecular formula is C20H23FN2O3S. The largest absolute Gasteiger partial charge is 0.339 e. The third-order valence-electron chi connectivity index (χ3n) is 4.81.